The predicted molar refractivity (Wildman–Crippen MR) is 79.5 cm³/mol. The van der Waals surface area contributed by atoms with Crippen molar-refractivity contribution in [2.75, 3.05) is 0 Å². The number of benzene rings is 1. The Bertz CT molecular complexity index is 614. The molecule has 5 nitrogen and oxygen atoms in total. The monoisotopic (exact) mass is 296 g/mol. The van der Waals surface area contributed by atoms with Gasteiger partial charge in [-0.3, -0.25) is 0 Å². The molecule has 1 aromatic heterocycles. The Morgan fingerprint density at radius 3 is 2.40 bits per heavy atom. The summed E-state index contributed by atoms with van der Waals surface area (Å²) in [5.41, 5.74) is 0.721. The van der Waals surface area contributed by atoms with Crippen LogP contribution in [0.25, 0.3) is 10.9 Å². The fraction of sp³-hybridized carbons (Fsp3) is 0.429. The summed E-state index contributed by atoms with van der Waals surface area (Å²) in [6.07, 6.45) is 1.40. The minimum Gasteiger partial charge on any atom is -0.188 e. The smallest absolute Gasteiger partial charge is 0.188 e. The quantitative estimate of drug-likeness (QED) is 0.668. The van der Waals surface area contributed by atoms with Crippen molar-refractivity contribution in [3.8, 4) is 0 Å². The van der Waals surface area contributed by atoms with Crippen molar-refractivity contribution in [1.82, 2.24) is 5.10 Å². The lowest BCUT2D eigenvalue weighted by atomic mass is 10.2. The van der Waals surface area contributed by atoms with E-state index in [0.29, 0.717) is 10.7 Å². The van der Waals surface area contributed by atoms with Gasteiger partial charge in [0.25, 0.3) is 5.30 Å². The Hall–Kier alpha value is -1.13. The van der Waals surface area contributed by atoms with E-state index in [1.807, 2.05) is 38.1 Å². The highest BCUT2D eigenvalue weighted by Gasteiger charge is 2.45. The lowest BCUT2D eigenvalue weighted by molar-refractivity contribution is -0.768. The first-order valence-corrected chi connectivity index (χ1v) is 8.27. The first-order valence-electron chi connectivity index (χ1n) is 6.66. The van der Waals surface area contributed by atoms with Crippen LogP contribution in [0, 0.1) is 0 Å². The van der Waals surface area contributed by atoms with E-state index in [0.717, 1.165) is 5.52 Å². The van der Waals surface area contributed by atoms with Crippen LogP contribution in [0.2, 0.25) is 0 Å². The lowest BCUT2D eigenvalue weighted by Gasteiger charge is -2.13. The Kier molecular flexibility index (Phi) is 4.35. The van der Waals surface area contributed by atoms with Gasteiger partial charge in [-0.1, -0.05) is 16.8 Å². The van der Waals surface area contributed by atoms with Gasteiger partial charge in [0.15, 0.2) is 6.04 Å². The molecule has 2 N–H and O–H groups in total. The SMILES string of the molecule is CC(C)O[P+](O)(O)c1c[n+](C(C)C)nc2ccccc12. The van der Waals surface area contributed by atoms with Crippen molar-refractivity contribution in [3.63, 3.8) is 0 Å². The summed E-state index contributed by atoms with van der Waals surface area (Å²) in [5, 5.41) is 5.60. The zero-order valence-electron chi connectivity index (χ0n) is 12.2. The topological polar surface area (TPSA) is 66.5 Å². The molecule has 0 aliphatic heterocycles. The van der Waals surface area contributed by atoms with Crippen LogP contribution in [-0.2, 0) is 4.52 Å². The predicted octanol–water partition coefficient (Wildman–Crippen LogP) is 1.90. The van der Waals surface area contributed by atoms with Crippen molar-refractivity contribution in [3.05, 3.63) is 30.5 Å². The molecule has 0 amide bonds. The number of nitrogens with zero attached hydrogens (tertiary/aromatic N) is 2. The molecular formula is C14H21N2O3P+2. The zero-order valence-corrected chi connectivity index (χ0v) is 13.1. The van der Waals surface area contributed by atoms with Crippen LogP contribution in [0.5, 0.6) is 0 Å². The highest BCUT2D eigenvalue weighted by atomic mass is 31.2. The number of hydrogen-bond acceptors (Lipinski definition) is 4. The van der Waals surface area contributed by atoms with E-state index in [9.17, 15) is 9.79 Å². The summed E-state index contributed by atoms with van der Waals surface area (Å²) < 4.78 is 7.07. The number of hydrogen-bond donors (Lipinski definition) is 2. The molecule has 1 aromatic carbocycles. The van der Waals surface area contributed by atoms with Gasteiger partial charge in [-0.15, -0.1) is 0 Å². The maximum absolute atomic E-state index is 10.4. The fourth-order valence-corrected chi connectivity index (χ4v) is 3.45. The van der Waals surface area contributed by atoms with Crippen LogP contribution in [0.1, 0.15) is 33.7 Å². The molecule has 2 rings (SSSR count). The molecule has 0 aliphatic carbocycles. The largest absolute Gasteiger partial charge is 0.450 e. The second-order valence-corrected chi connectivity index (χ2v) is 7.08. The van der Waals surface area contributed by atoms with E-state index < -0.39 is 7.94 Å². The first-order chi connectivity index (χ1) is 9.31. The minimum absolute atomic E-state index is 0.123. The molecule has 6 heteroatoms. The third-order valence-corrected chi connectivity index (χ3v) is 4.56. The Morgan fingerprint density at radius 1 is 1.15 bits per heavy atom. The molecule has 20 heavy (non-hydrogen) atoms. The maximum Gasteiger partial charge on any atom is 0.450 e. The molecule has 0 bridgehead atoms. The number of rotatable bonds is 4. The van der Waals surface area contributed by atoms with Crippen LogP contribution in [0.3, 0.4) is 0 Å². The molecule has 0 unspecified atom stereocenters. The van der Waals surface area contributed by atoms with E-state index in [4.69, 9.17) is 4.52 Å². The maximum atomic E-state index is 10.4. The van der Waals surface area contributed by atoms with Gasteiger partial charge >= 0.3 is 7.94 Å². The van der Waals surface area contributed by atoms with E-state index in [-0.39, 0.29) is 12.1 Å². The molecular weight excluding hydrogens is 275 g/mol. The van der Waals surface area contributed by atoms with Gasteiger partial charge in [0.2, 0.25) is 6.20 Å². The van der Waals surface area contributed by atoms with Crippen molar-refractivity contribution in [1.29, 1.82) is 0 Å². The van der Waals surface area contributed by atoms with Gasteiger partial charge in [0.05, 0.1) is 5.39 Å². The van der Waals surface area contributed by atoms with Crippen LogP contribution in [0.4, 0.5) is 0 Å². The Morgan fingerprint density at radius 2 is 1.80 bits per heavy atom. The van der Waals surface area contributed by atoms with Gasteiger partial charge in [0, 0.05) is 5.10 Å². The highest BCUT2D eigenvalue weighted by molar-refractivity contribution is 7.68. The lowest BCUT2D eigenvalue weighted by Crippen LogP contribution is -2.43. The molecule has 0 radical (unpaired) electrons. The average molecular weight is 296 g/mol. The van der Waals surface area contributed by atoms with Crippen molar-refractivity contribution in [2.24, 2.45) is 0 Å². The van der Waals surface area contributed by atoms with Crippen molar-refractivity contribution >= 4 is 24.2 Å². The molecule has 0 saturated heterocycles. The summed E-state index contributed by atoms with van der Waals surface area (Å²) >= 11 is 0. The molecule has 2 aromatic rings. The molecule has 108 valence electrons. The number of aromatic nitrogens is 2. The van der Waals surface area contributed by atoms with E-state index >= 15 is 0 Å². The summed E-state index contributed by atoms with van der Waals surface area (Å²) in [4.78, 5) is 20.7. The third-order valence-electron chi connectivity index (χ3n) is 2.86. The van der Waals surface area contributed by atoms with Gasteiger partial charge in [-0.2, -0.15) is 14.3 Å². The van der Waals surface area contributed by atoms with Gasteiger partial charge in [0.1, 0.15) is 11.6 Å². The number of fused-ring (bicyclic) bond motifs is 1. The second kappa shape index (κ2) is 5.70. The first kappa shape index (κ1) is 15.3. The fourth-order valence-electron chi connectivity index (χ4n) is 1.97. The minimum atomic E-state index is -3.62. The van der Waals surface area contributed by atoms with Crippen LogP contribution in [-0.4, -0.2) is 21.0 Å². The van der Waals surface area contributed by atoms with Gasteiger partial charge in [-0.05, 0) is 39.8 Å². The van der Waals surface area contributed by atoms with Crippen LogP contribution < -0.4 is 9.99 Å². The van der Waals surface area contributed by atoms with E-state index in [2.05, 4.69) is 5.10 Å². The normalized spacial score (nSPS) is 12.6. The van der Waals surface area contributed by atoms with Crippen LogP contribution >= 0.6 is 7.94 Å². The van der Waals surface area contributed by atoms with Gasteiger partial charge < -0.3 is 0 Å². The summed E-state index contributed by atoms with van der Waals surface area (Å²) in [5.74, 6) is 0. The second-order valence-electron chi connectivity index (χ2n) is 5.30. The summed E-state index contributed by atoms with van der Waals surface area (Å²) in [6, 6.07) is 7.53. The molecule has 0 fully saturated rings. The third kappa shape index (κ3) is 3.13. The van der Waals surface area contributed by atoms with E-state index in [1.165, 1.54) is 0 Å². The molecule has 0 spiro atoms. The zero-order chi connectivity index (χ0) is 14.9. The highest BCUT2D eigenvalue weighted by Crippen LogP contribution is 2.51. The molecule has 0 atom stereocenters. The summed E-state index contributed by atoms with van der Waals surface area (Å²) in [7, 11) is -3.62. The Balaban J connectivity index is 2.66. The summed E-state index contributed by atoms with van der Waals surface area (Å²) in [6.45, 7) is 7.54. The van der Waals surface area contributed by atoms with Crippen molar-refractivity contribution < 1.29 is 19.0 Å². The Labute approximate surface area is 119 Å². The van der Waals surface area contributed by atoms with Crippen LogP contribution in [0.15, 0.2) is 30.5 Å². The molecule has 0 aliphatic rings. The average Bonchev–Trinajstić information content (AvgIpc) is 2.35. The van der Waals surface area contributed by atoms with E-state index in [1.54, 1.807) is 24.7 Å². The molecule has 1 heterocycles. The standard InChI is InChI=1S/C14H21N2O3P/c1-10(2)16-9-14(20(17,18)19-11(3)4)12-7-5-6-8-13(12)15-16/h5-11,17-18H,1-4H3/q+2. The molecule has 0 saturated carbocycles. The van der Waals surface area contributed by atoms with Gasteiger partial charge in [-0.25, -0.2) is 0 Å². The van der Waals surface area contributed by atoms with Crippen molar-refractivity contribution in [2.45, 2.75) is 39.8 Å².